The molecule has 0 aliphatic heterocycles. The molecule has 2 aromatic heterocycles. The monoisotopic (exact) mass is 415 g/mol. The second-order valence-electron chi connectivity index (χ2n) is 7.30. The lowest BCUT2D eigenvalue weighted by molar-refractivity contribution is -0.116. The number of nitrogens with one attached hydrogen (secondary N) is 1. The first-order valence-corrected chi connectivity index (χ1v) is 10.1. The molecule has 0 atom stereocenters. The van der Waals surface area contributed by atoms with Crippen molar-refractivity contribution in [2.75, 3.05) is 5.32 Å². The van der Waals surface area contributed by atoms with Gasteiger partial charge in [-0.3, -0.25) is 14.2 Å². The molecule has 9 heteroatoms. The first-order chi connectivity index (χ1) is 14.4. The van der Waals surface area contributed by atoms with Crippen molar-refractivity contribution in [3.05, 3.63) is 56.7 Å². The molecule has 30 heavy (non-hydrogen) atoms. The molecule has 3 rings (SSSR count). The first kappa shape index (κ1) is 21.5. The fourth-order valence-electron chi connectivity index (χ4n) is 3.32. The van der Waals surface area contributed by atoms with Gasteiger partial charge in [0.15, 0.2) is 11.2 Å². The van der Waals surface area contributed by atoms with Gasteiger partial charge in [-0.2, -0.15) is 0 Å². The van der Waals surface area contributed by atoms with Crippen LogP contribution in [0.5, 0.6) is 0 Å². The number of amides is 1. The minimum Gasteiger partial charge on any atom is -0.325 e. The Labute approximate surface area is 173 Å². The number of carbonyl (C=O) groups excluding carboxylic acids is 1. The van der Waals surface area contributed by atoms with Gasteiger partial charge in [-0.1, -0.05) is 26.3 Å². The summed E-state index contributed by atoms with van der Waals surface area (Å²) in [5, 5.41) is 2.55. The zero-order chi connectivity index (χ0) is 21.8. The maximum absolute atomic E-state index is 13.7. The maximum Gasteiger partial charge on any atom is 0.333 e. The molecule has 0 saturated carbocycles. The van der Waals surface area contributed by atoms with Crippen LogP contribution in [0.15, 0.2) is 34.1 Å². The average Bonchev–Trinajstić information content (AvgIpc) is 3.13. The third-order valence-electron chi connectivity index (χ3n) is 4.94. The molecule has 1 amide bonds. The Bertz CT molecular complexity index is 1190. The van der Waals surface area contributed by atoms with Crippen LogP contribution < -0.4 is 16.6 Å². The highest BCUT2D eigenvalue weighted by molar-refractivity contribution is 5.90. The molecule has 8 nitrogen and oxygen atoms in total. The highest BCUT2D eigenvalue weighted by atomic mass is 19.1. The molecule has 0 fully saturated rings. The third-order valence-corrected chi connectivity index (χ3v) is 4.94. The summed E-state index contributed by atoms with van der Waals surface area (Å²) in [4.78, 5) is 42.8. The molecule has 0 saturated heterocycles. The van der Waals surface area contributed by atoms with Crippen LogP contribution >= 0.6 is 0 Å². The van der Waals surface area contributed by atoms with Crippen molar-refractivity contribution in [1.29, 1.82) is 0 Å². The number of hydrogen-bond donors (Lipinski definition) is 1. The Morgan fingerprint density at radius 1 is 1.13 bits per heavy atom. The van der Waals surface area contributed by atoms with Gasteiger partial charge in [0.25, 0.3) is 5.56 Å². The quantitative estimate of drug-likeness (QED) is 0.612. The topological polar surface area (TPSA) is 90.9 Å². The molecule has 3 aromatic rings. The van der Waals surface area contributed by atoms with Gasteiger partial charge >= 0.3 is 5.69 Å². The highest BCUT2D eigenvalue weighted by Crippen LogP contribution is 2.14. The highest BCUT2D eigenvalue weighted by Gasteiger charge is 2.19. The second-order valence-corrected chi connectivity index (χ2v) is 7.30. The summed E-state index contributed by atoms with van der Waals surface area (Å²) in [6.45, 7) is 6.09. The fraction of sp³-hybridized carbons (Fsp3) is 0.429. The summed E-state index contributed by atoms with van der Waals surface area (Å²) in [5.41, 5.74) is 0.226. The normalized spacial score (nSPS) is 11.2. The van der Waals surface area contributed by atoms with Gasteiger partial charge in [0.05, 0.1) is 6.33 Å². The number of imidazole rings is 1. The van der Waals surface area contributed by atoms with Gasteiger partial charge in [0, 0.05) is 18.8 Å². The van der Waals surface area contributed by atoms with Crippen LogP contribution in [-0.2, 0) is 24.4 Å². The van der Waals surface area contributed by atoms with Crippen molar-refractivity contribution < 1.29 is 9.18 Å². The van der Waals surface area contributed by atoms with E-state index < -0.39 is 29.5 Å². The number of benzene rings is 1. The summed E-state index contributed by atoms with van der Waals surface area (Å²) in [6.07, 6.45) is 4.03. The summed E-state index contributed by atoms with van der Waals surface area (Å²) >= 11 is 0. The van der Waals surface area contributed by atoms with Gasteiger partial charge in [-0.05, 0) is 37.5 Å². The summed E-state index contributed by atoms with van der Waals surface area (Å²) in [6, 6.07) is 4.32. The summed E-state index contributed by atoms with van der Waals surface area (Å²) in [7, 11) is 0. The van der Waals surface area contributed by atoms with E-state index in [0.29, 0.717) is 36.2 Å². The van der Waals surface area contributed by atoms with Gasteiger partial charge in [0.2, 0.25) is 5.91 Å². The number of carbonyl (C=O) groups is 1. The molecular formula is C21H26FN5O3. The number of hydrogen-bond acceptors (Lipinski definition) is 4. The van der Waals surface area contributed by atoms with Crippen LogP contribution in [0.3, 0.4) is 0 Å². The van der Waals surface area contributed by atoms with E-state index in [9.17, 15) is 18.8 Å². The smallest absolute Gasteiger partial charge is 0.325 e. The Balaban J connectivity index is 2.01. The number of fused-ring (bicyclic) bond motifs is 1. The minimum atomic E-state index is -0.584. The van der Waals surface area contributed by atoms with Gasteiger partial charge in [-0.25, -0.2) is 18.7 Å². The van der Waals surface area contributed by atoms with Gasteiger partial charge < -0.3 is 9.88 Å². The Morgan fingerprint density at radius 3 is 2.57 bits per heavy atom. The lowest BCUT2D eigenvalue weighted by Crippen LogP contribution is -2.43. The lowest BCUT2D eigenvalue weighted by atomic mass is 10.2. The van der Waals surface area contributed by atoms with E-state index in [1.807, 2.05) is 13.8 Å². The van der Waals surface area contributed by atoms with E-state index in [1.165, 1.54) is 10.6 Å². The number of unbranched alkanes of at least 4 members (excludes halogenated alkanes) is 1. The molecule has 2 heterocycles. The van der Waals surface area contributed by atoms with Crippen LogP contribution in [0.25, 0.3) is 11.2 Å². The van der Waals surface area contributed by atoms with Gasteiger partial charge in [-0.15, -0.1) is 0 Å². The van der Waals surface area contributed by atoms with E-state index in [0.717, 1.165) is 17.4 Å². The summed E-state index contributed by atoms with van der Waals surface area (Å²) in [5.74, 6) is -1.03. The van der Waals surface area contributed by atoms with Crippen LogP contribution in [0.4, 0.5) is 10.1 Å². The molecule has 160 valence electrons. The number of halogens is 1. The van der Waals surface area contributed by atoms with Crippen molar-refractivity contribution in [2.24, 2.45) is 0 Å². The second kappa shape index (κ2) is 9.06. The van der Waals surface area contributed by atoms with Crippen molar-refractivity contribution in [3.63, 3.8) is 0 Å². The predicted molar refractivity (Wildman–Crippen MR) is 113 cm³/mol. The van der Waals surface area contributed by atoms with E-state index in [1.54, 1.807) is 30.0 Å². The molecule has 0 aliphatic rings. The zero-order valence-corrected chi connectivity index (χ0v) is 17.4. The Kier molecular flexibility index (Phi) is 6.49. The fourth-order valence-corrected chi connectivity index (χ4v) is 3.32. The largest absolute Gasteiger partial charge is 0.333 e. The van der Waals surface area contributed by atoms with E-state index >= 15 is 0 Å². The Morgan fingerprint density at radius 2 is 1.90 bits per heavy atom. The van der Waals surface area contributed by atoms with Crippen LogP contribution in [0, 0.1) is 12.7 Å². The van der Waals surface area contributed by atoms with E-state index in [4.69, 9.17) is 0 Å². The lowest BCUT2D eigenvalue weighted by Gasteiger charge is -2.12. The van der Waals surface area contributed by atoms with Crippen LogP contribution in [0.1, 0.15) is 38.7 Å². The predicted octanol–water partition coefficient (Wildman–Crippen LogP) is 2.66. The number of aryl methyl sites for hydroxylation is 3. The molecule has 1 N–H and O–H groups in total. The first-order valence-electron chi connectivity index (χ1n) is 10.1. The molecule has 0 radical (unpaired) electrons. The van der Waals surface area contributed by atoms with Crippen LogP contribution in [0.2, 0.25) is 0 Å². The molecular weight excluding hydrogens is 389 g/mol. The number of rotatable bonds is 8. The van der Waals surface area contributed by atoms with Crippen LogP contribution in [-0.4, -0.2) is 24.6 Å². The molecule has 0 unspecified atom stereocenters. The summed E-state index contributed by atoms with van der Waals surface area (Å²) < 4.78 is 17.8. The minimum absolute atomic E-state index is 0.263. The SMILES string of the molecule is CCCCn1cnc2c1c(=O)n(CC(=O)Nc1ccc(C)c(F)c1)c(=O)n2CCC. The number of anilines is 1. The third kappa shape index (κ3) is 4.19. The van der Waals surface area contributed by atoms with Crippen molar-refractivity contribution in [2.45, 2.75) is 59.7 Å². The van der Waals surface area contributed by atoms with E-state index in [-0.39, 0.29) is 5.69 Å². The standard InChI is InChI=1S/C21H26FN5O3/c1-4-6-10-25-13-23-19-18(25)20(29)27(21(30)26(19)9-5-2)12-17(28)24-15-8-7-14(3)16(22)11-15/h7-8,11,13H,4-6,9-10,12H2,1-3H3,(H,24,28). The zero-order valence-electron chi connectivity index (χ0n) is 17.4. The van der Waals surface area contributed by atoms with Crippen molar-refractivity contribution >= 4 is 22.8 Å². The molecule has 0 bridgehead atoms. The number of nitrogens with zero attached hydrogens (tertiary/aromatic N) is 4. The molecule has 0 spiro atoms. The molecule has 1 aromatic carbocycles. The number of aromatic nitrogens is 4. The maximum atomic E-state index is 13.7. The average molecular weight is 415 g/mol. The van der Waals surface area contributed by atoms with E-state index in [2.05, 4.69) is 10.3 Å². The van der Waals surface area contributed by atoms with Gasteiger partial charge in [0.1, 0.15) is 12.4 Å². The molecule has 0 aliphatic carbocycles. The van der Waals surface area contributed by atoms with Crippen molar-refractivity contribution in [1.82, 2.24) is 18.7 Å². The Hall–Kier alpha value is -3.23. The van der Waals surface area contributed by atoms with Crippen molar-refractivity contribution in [3.8, 4) is 0 Å².